The normalized spacial score (nSPS) is 15.5. The highest BCUT2D eigenvalue weighted by molar-refractivity contribution is 7.85. The van der Waals surface area contributed by atoms with Gasteiger partial charge in [-0.1, -0.05) is 42.5 Å². The van der Waals surface area contributed by atoms with Gasteiger partial charge in [-0.25, -0.2) is 9.79 Å². The molecule has 5 N–H and O–H groups in total. The van der Waals surface area contributed by atoms with Gasteiger partial charge >= 0.3 is 5.69 Å². The summed E-state index contributed by atoms with van der Waals surface area (Å²) in [5.41, 5.74) is -1.65. The lowest BCUT2D eigenvalue weighted by molar-refractivity contribution is -0.116. The highest BCUT2D eigenvalue weighted by Gasteiger charge is 2.30. The summed E-state index contributed by atoms with van der Waals surface area (Å²) >= 11 is 0. The minimum absolute atomic E-state index is 0.0470. The molecule has 0 bridgehead atoms. The monoisotopic (exact) mass is 531 g/mol. The third kappa shape index (κ3) is 4.13. The molecule has 1 aliphatic carbocycles. The quantitative estimate of drug-likeness (QED) is 0.170. The van der Waals surface area contributed by atoms with Crippen LogP contribution in [0.4, 0.5) is 0 Å². The zero-order valence-electron chi connectivity index (χ0n) is 19.3. The van der Waals surface area contributed by atoms with Crippen LogP contribution in [0.15, 0.2) is 67.5 Å². The first kappa shape index (κ1) is 24.6. The lowest BCUT2D eigenvalue weighted by Gasteiger charge is -2.14. The summed E-state index contributed by atoms with van der Waals surface area (Å²) in [6, 6.07) is 12.5. The molecule has 0 fully saturated rings. The Kier molecular flexibility index (Phi) is 5.90. The molecule has 5 rings (SSSR count). The molecule has 3 aromatic rings. The van der Waals surface area contributed by atoms with E-state index in [1.54, 1.807) is 36.4 Å². The Bertz CT molecular complexity index is 2010. The van der Waals surface area contributed by atoms with E-state index < -0.39 is 38.7 Å². The maximum atomic E-state index is 13.3. The lowest BCUT2D eigenvalue weighted by atomic mass is 9.99. The van der Waals surface area contributed by atoms with E-state index in [-0.39, 0.29) is 27.1 Å². The first-order valence-corrected chi connectivity index (χ1v) is 12.5. The molecule has 0 radical (unpaired) electrons. The average Bonchev–Trinajstić information content (AvgIpc) is 3.22. The van der Waals surface area contributed by atoms with Gasteiger partial charge in [-0.3, -0.25) is 24.1 Å². The maximum Gasteiger partial charge on any atom is 0.328 e. The van der Waals surface area contributed by atoms with E-state index in [4.69, 9.17) is 0 Å². The summed E-state index contributed by atoms with van der Waals surface area (Å²) in [7, 11) is -4.51. The molecular formula is C25H17N5O7S. The van der Waals surface area contributed by atoms with Gasteiger partial charge in [0.2, 0.25) is 5.88 Å². The SMILES string of the molecule is N#C/C(C(=O)NC1=c2cccc(S(=O)(=O)O)c2=CCC1)=C1/N=C(c2c(O)[nH]c(=O)[nH]c2=O)c2ccccc21. The number of aromatic nitrogens is 2. The van der Waals surface area contributed by atoms with E-state index in [1.165, 1.54) is 12.1 Å². The number of hydrogen-bond acceptors (Lipinski definition) is 8. The summed E-state index contributed by atoms with van der Waals surface area (Å²) < 4.78 is 33.2. The number of aromatic hydroxyl groups is 1. The average molecular weight is 532 g/mol. The van der Waals surface area contributed by atoms with Crippen LogP contribution in [-0.4, -0.2) is 39.7 Å². The Hall–Kier alpha value is -5.06. The molecule has 1 aliphatic heterocycles. The number of rotatable bonds is 4. The van der Waals surface area contributed by atoms with Crippen LogP contribution in [0.25, 0.3) is 17.5 Å². The van der Waals surface area contributed by atoms with E-state index in [0.29, 0.717) is 34.9 Å². The Morgan fingerprint density at radius 1 is 1.08 bits per heavy atom. The Balaban J connectivity index is 1.66. The molecule has 0 unspecified atom stereocenters. The third-order valence-electron chi connectivity index (χ3n) is 6.07. The minimum Gasteiger partial charge on any atom is -0.494 e. The van der Waals surface area contributed by atoms with Crippen LogP contribution in [0.3, 0.4) is 0 Å². The molecule has 1 amide bonds. The number of benzene rings is 2. The van der Waals surface area contributed by atoms with Crippen molar-refractivity contribution in [1.29, 1.82) is 5.26 Å². The smallest absolute Gasteiger partial charge is 0.328 e. The predicted molar refractivity (Wildman–Crippen MR) is 135 cm³/mol. The molecule has 2 aliphatic rings. The highest BCUT2D eigenvalue weighted by atomic mass is 32.2. The van der Waals surface area contributed by atoms with Gasteiger partial charge in [0.25, 0.3) is 21.6 Å². The van der Waals surface area contributed by atoms with Crippen molar-refractivity contribution in [2.45, 2.75) is 17.7 Å². The second kappa shape index (κ2) is 9.11. The number of fused-ring (bicyclic) bond motifs is 2. The van der Waals surface area contributed by atoms with Crippen LogP contribution in [0.1, 0.15) is 29.5 Å². The largest absolute Gasteiger partial charge is 0.494 e. The molecule has 0 atom stereocenters. The van der Waals surface area contributed by atoms with E-state index in [2.05, 4.69) is 15.3 Å². The predicted octanol–water partition coefficient (Wildman–Crippen LogP) is -0.400. The van der Waals surface area contributed by atoms with Crippen LogP contribution in [0.2, 0.25) is 0 Å². The summed E-state index contributed by atoms with van der Waals surface area (Å²) in [6.45, 7) is 0. The molecule has 0 spiro atoms. The number of nitrogens with zero attached hydrogens (tertiary/aromatic N) is 2. The fourth-order valence-electron chi connectivity index (χ4n) is 4.48. The van der Waals surface area contributed by atoms with E-state index in [9.17, 15) is 37.7 Å². The van der Waals surface area contributed by atoms with E-state index in [1.807, 2.05) is 11.1 Å². The molecule has 190 valence electrons. The summed E-state index contributed by atoms with van der Waals surface area (Å²) in [5.74, 6) is -1.56. The van der Waals surface area contributed by atoms with Gasteiger partial charge in [0.15, 0.2) is 0 Å². The van der Waals surface area contributed by atoms with Gasteiger partial charge in [0, 0.05) is 27.3 Å². The first-order valence-electron chi connectivity index (χ1n) is 11.1. The number of hydrogen-bond donors (Lipinski definition) is 5. The van der Waals surface area contributed by atoms with Crippen LogP contribution in [-0.2, 0) is 14.9 Å². The molecular weight excluding hydrogens is 514 g/mol. The number of amides is 1. The highest BCUT2D eigenvalue weighted by Crippen LogP contribution is 2.34. The Morgan fingerprint density at radius 2 is 1.82 bits per heavy atom. The molecule has 2 heterocycles. The van der Waals surface area contributed by atoms with Gasteiger partial charge in [0.1, 0.15) is 22.1 Å². The van der Waals surface area contributed by atoms with Crippen LogP contribution < -0.4 is 27.0 Å². The van der Waals surface area contributed by atoms with Crippen LogP contribution in [0.5, 0.6) is 5.88 Å². The van der Waals surface area contributed by atoms with Crippen molar-refractivity contribution in [2.24, 2.45) is 4.99 Å². The zero-order valence-corrected chi connectivity index (χ0v) is 20.1. The molecule has 0 saturated carbocycles. The van der Waals surface area contributed by atoms with Crippen molar-refractivity contribution in [3.05, 3.63) is 96.0 Å². The van der Waals surface area contributed by atoms with Crippen molar-refractivity contribution in [1.82, 2.24) is 15.3 Å². The van der Waals surface area contributed by atoms with Crippen molar-refractivity contribution in [3.63, 3.8) is 0 Å². The Labute approximate surface area is 213 Å². The number of carbonyl (C=O) groups excluding carboxylic acids is 1. The van der Waals surface area contributed by atoms with E-state index >= 15 is 0 Å². The molecule has 12 nitrogen and oxygen atoms in total. The maximum absolute atomic E-state index is 13.3. The van der Waals surface area contributed by atoms with Crippen molar-refractivity contribution >= 4 is 39.2 Å². The van der Waals surface area contributed by atoms with Crippen molar-refractivity contribution in [3.8, 4) is 11.9 Å². The molecule has 13 heteroatoms. The number of nitriles is 1. The third-order valence-corrected chi connectivity index (χ3v) is 6.98. The van der Waals surface area contributed by atoms with Crippen LogP contribution >= 0.6 is 0 Å². The van der Waals surface area contributed by atoms with Crippen molar-refractivity contribution in [2.75, 3.05) is 0 Å². The fourth-order valence-corrected chi connectivity index (χ4v) is 5.20. The summed E-state index contributed by atoms with van der Waals surface area (Å²) in [4.78, 5) is 45.4. The second-order valence-electron chi connectivity index (χ2n) is 8.34. The van der Waals surface area contributed by atoms with Gasteiger partial charge < -0.3 is 10.4 Å². The number of aliphatic imine (C=N–C) groups is 1. The fraction of sp³-hybridized carbons (Fsp3) is 0.0800. The molecule has 38 heavy (non-hydrogen) atoms. The Morgan fingerprint density at radius 3 is 2.50 bits per heavy atom. The number of H-pyrrole nitrogens is 2. The molecule has 2 aromatic carbocycles. The molecule has 1 aromatic heterocycles. The van der Waals surface area contributed by atoms with Gasteiger partial charge in [0.05, 0.1) is 11.4 Å². The standard InChI is InChI=1S/C25H17N5O7S/c26-11-16(22(31)27-17-9-3-8-13-12(17)7-4-10-18(13)38(35,36)37)20-14-5-1-2-6-15(14)21(28-20)19-23(32)29-25(34)30-24(19)33/h1-2,4-8,10H,3,9H2,(H,27,31)(H,35,36,37)(H3,29,30,32,33,34)/b20-16-. The second-order valence-corrected chi connectivity index (χ2v) is 9.73. The minimum atomic E-state index is -4.51. The van der Waals surface area contributed by atoms with Gasteiger partial charge in [-0.15, -0.1) is 0 Å². The zero-order chi connectivity index (χ0) is 27.2. The topological polar surface area (TPSA) is 206 Å². The van der Waals surface area contributed by atoms with E-state index in [0.717, 1.165) is 0 Å². The summed E-state index contributed by atoms with van der Waals surface area (Å²) in [5, 5.41) is 23.5. The number of carbonyl (C=O) groups is 1. The first-order chi connectivity index (χ1) is 18.1. The number of nitrogens with one attached hydrogen (secondary N) is 3. The van der Waals surface area contributed by atoms with Crippen LogP contribution in [0, 0.1) is 11.3 Å². The van der Waals surface area contributed by atoms with Gasteiger partial charge in [-0.2, -0.15) is 13.7 Å². The van der Waals surface area contributed by atoms with Crippen molar-refractivity contribution < 1.29 is 22.9 Å². The lowest BCUT2D eigenvalue weighted by Crippen LogP contribution is -2.39. The van der Waals surface area contributed by atoms with Gasteiger partial charge in [-0.05, 0) is 18.9 Å². The number of aromatic amines is 2. The summed E-state index contributed by atoms with van der Waals surface area (Å²) in [6.07, 6.45) is 2.33. The molecule has 0 saturated heterocycles.